The van der Waals surface area contributed by atoms with Crippen LogP contribution >= 0.6 is 0 Å². The Morgan fingerprint density at radius 1 is 1.36 bits per heavy atom. The number of ether oxygens (including phenoxy) is 1. The molecule has 0 saturated heterocycles. The number of nitriles is 1. The van der Waals surface area contributed by atoms with Crippen LogP contribution in [-0.2, 0) is 10.1 Å². The number of hydrogen-bond donors (Lipinski definition) is 3. The lowest BCUT2D eigenvalue weighted by atomic mass is 10.1. The van der Waals surface area contributed by atoms with Crippen molar-refractivity contribution in [3.05, 3.63) is 35.7 Å². The summed E-state index contributed by atoms with van der Waals surface area (Å²) in [5.41, 5.74) is 1.62. The van der Waals surface area contributed by atoms with Crippen LogP contribution in [0.4, 0.5) is 5.69 Å². The summed E-state index contributed by atoms with van der Waals surface area (Å²) < 4.78 is 20.3. The Morgan fingerprint density at radius 2 is 2.04 bits per heavy atom. The number of aromatic amines is 1. The second-order valence-electron chi connectivity index (χ2n) is 6.23. The lowest BCUT2D eigenvalue weighted by Crippen LogP contribution is -2.18. The summed E-state index contributed by atoms with van der Waals surface area (Å²) in [7, 11) is 2.48. The van der Waals surface area contributed by atoms with E-state index in [2.05, 4.69) is 9.71 Å². The number of allylic oxidation sites excluding steroid dienone is 1. The number of carbonyl (C=O) groups is 1. The summed E-state index contributed by atoms with van der Waals surface area (Å²) in [5, 5.41) is 9.95. The summed E-state index contributed by atoms with van der Waals surface area (Å²) >= 11 is 0. The van der Waals surface area contributed by atoms with E-state index in [0.29, 0.717) is 22.6 Å². The van der Waals surface area contributed by atoms with Crippen molar-refractivity contribution in [2.45, 2.75) is 0 Å². The minimum Gasteiger partial charge on any atom is -0.494 e. The summed E-state index contributed by atoms with van der Waals surface area (Å²) in [5.74, 6) is 0.124. The molecule has 1 aromatic carbocycles. The van der Waals surface area contributed by atoms with Gasteiger partial charge in [0.05, 0.1) is 18.5 Å². The maximum Gasteiger partial charge on any atom is 0.221 e. The number of thiol groups is 1. The molecule has 0 aliphatic rings. The molecule has 1 aromatic heterocycles. The number of methoxy groups -OCH3 is 1. The Bertz CT molecular complexity index is 931. The Balaban J connectivity index is 2.51. The van der Waals surface area contributed by atoms with Crippen LogP contribution in [0.1, 0.15) is 10.5 Å². The number of benzene rings is 1. The van der Waals surface area contributed by atoms with E-state index in [-0.39, 0.29) is 5.57 Å². The van der Waals surface area contributed by atoms with Crippen molar-refractivity contribution >= 4 is 32.5 Å². The minimum absolute atomic E-state index is 0.0356. The zero-order valence-electron chi connectivity index (χ0n) is 14.9. The van der Waals surface area contributed by atoms with Crippen LogP contribution in [0.15, 0.2) is 30.0 Å². The maximum absolute atomic E-state index is 12.5. The molecule has 0 bridgehead atoms. The number of Topliss-reactive ketones (excluding diaryl/α,β-unsaturated/α-hetero) is 1. The molecule has 25 heavy (non-hydrogen) atoms. The number of ketones is 1. The average Bonchev–Trinajstić information content (AvgIpc) is 2.92. The van der Waals surface area contributed by atoms with Gasteiger partial charge in [-0.3, -0.25) is 9.00 Å². The standard InChI is InChI=1S/C17H22N4O3S/c1-21(2)10-12(9-18)17(22)15-7-11-6-14(20-25(4,5)23)16(24-3)8-13(11)19-15/h6-8,10,19,25H,1-5H3,(H,20,23)/b12-10+. The number of aromatic nitrogens is 1. The van der Waals surface area contributed by atoms with E-state index in [1.807, 2.05) is 6.07 Å². The first-order chi connectivity index (χ1) is 11.6. The Kier molecular flexibility index (Phi) is 5.18. The third kappa shape index (κ3) is 4.39. The molecular weight excluding hydrogens is 340 g/mol. The maximum atomic E-state index is 12.5. The van der Waals surface area contributed by atoms with Crippen LogP contribution in [0, 0.1) is 11.3 Å². The fraction of sp³-hybridized carbons (Fsp3) is 0.294. The molecule has 134 valence electrons. The lowest BCUT2D eigenvalue weighted by Gasteiger charge is -2.18. The van der Waals surface area contributed by atoms with Gasteiger partial charge in [-0.2, -0.15) is 5.26 Å². The van der Waals surface area contributed by atoms with Gasteiger partial charge in [0.25, 0.3) is 0 Å². The molecule has 0 fully saturated rings. The fourth-order valence-corrected chi connectivity index (χ4v) is 3.13. The Morgan fingerprint density at radius 3 is 2.56 bits per heavy atom. The third-order valence-corrected chi connectivity index (χ3v) is 4.11. The molecule has 8 heteroatoms. The number of anilines is 1. The molecule has 0 radical (unpaired) electrons. The van der Waals surface area contributed by atoms with Crippen LogP contribution < -0.4 is 9.46 Å². The number of fused-ring (bicyclic) bond motifs is 1. The van der Waals surface area contributed by atoms with Crippen LogP contribution in [0.25, 0.3) is 10.9 Å². The zero-order valence-corrected chi connectivity index (χ0v) is 15.8. The van der Waals surface area contributed by atoms with Gasteiger partial charge in [0.1, 0.15) is 17.4 Å². The van der Waals surface area contributed by atoms with E-state index in [1.165, 1.54) is 13.3 Å². The summed E-state index contributed by atoms with van der Waals surface area (Å²) in [6, 6.07) is 7.08. The Labute approximate surface area is 147 Å². The predicted molar refractivity (Wildman–Crippen MR) is 102 cm³/mol. The van der Waals surface area contributed by atoms with Crippen molar-refractivity contribution in [1.29, 1.82) is 5.26 Å². The third-order valence-electron chi connectivity index (χ3n) is 3.33. The first-order valence-corrected chi connectivity index (χ1v) is 10.1. The monoisotopic (exact) mass is 362 g/mol. The van der Waals surface area contributed by atoms with E-state index < -0.39 is 15.9 Å². The van der Waals surface area contributed by atoms with E-state index in [1.54, 1.807) is 49.7 Å². The minimum atomic E-state index is -2.52. The van der Waals surface area contributed by atoms with E-state index >= 15 is 0 Å². The van der Waals surface area contributed by atoms with Gasteiger partial charge in [-0.15, -0.1) is 0 Å². The summed E-state index contributed by atoms with van der Waals surface area (Å²) in [4.78, 5) is 17.2. The molecule has 0 aliphatic heterocycles. The highest BCUT2D eigenvalue weighted by atomic mass is 32.3. The normalized spacial score (nSPS) is 12.6. The Hall–Kier alpha value is -2.79. The van der Waals surface area contributed by atoms with Crippen molar-refractivity contribution in [2.75, 3.05) is 38.4 Å². The van der Waals surface area contributed by atoms with E-state index in [0.717, 1.165) is 5.39 Å². The quantitative estimate of drug-likeness (QED) is 0.316. The van der Waals surface area contributed by atoms with Gasteiger partial charge >= 0.3 is 0 Å². The summed E-state index contributed by atoms with van der Waals surface area (Å²) in [6.45, 7) is 0. The van der Waals surface area contributed by atoms with Crippen molar-refractivity contribution in [3.8, 4) is 11.8 Å². The largest absolute Gasteiger partial charge is 0.494 e. The highest BCUT2D eigenvalue weighted by molar-refractivity contribution is 8.02. The van der Waals surface area contributed by atoms with Crippen LogP contribution in [-0.4, -0.2) is 53.6 Å². The highest BCUT2D eigenvalue weighted by Crippen LogP contribution is 2.32. The van der Waals surface area contributed by atoms with Crippen LogP contribution in [0.3, 0.4) is 0 Å². The van der Waals surface area contributed by atoms with Gasteiger partial charge in [-0.1, -0.05) is 0 Å². The van der Waals surface area contributed by atoms with E-state index in [4.69, 9.17) is 4.74 Å². The molecular formula is C17H22N4O3S. The van der Waals surface area contributed by atoms with Gasteiger partial charge in [0, 0.05) is 49.8 Å². The topological polar surface area (TPSA) is 98.2 Å². The van der Waals surface area contributed by atoms with Gasteiger partial charge in [0.2, 0.25) is 5.78 Å². The number of carbonyl (C=O) groups excluding carboxylic acids is 1. The molecule has 0 unspecified atom stereocenters. The first kappa shape index (κ1) is 18.5. The van der Waals surface area contributed by atoms with Crippen molar-refractivity contribution in [2.24, 2.45) is 0 Å². The number of H-pyrrole nitrogens is 1. The summed E-state index contributed by atoms with van der Waals surface area (Å²) in [6.07, 6.45) is 4.72. The van der Waals surface area contributed by atoms with Gasteiger partial charge in [-0.25, -0.2) is 0 Å². The smallest absolute Gasteiger partial charge is 0.221 e. The molecule has 0 aliphatic carbocycles. The molecule has 2 N–H and O–H groups in total. The number of nitrogens with one attached hydrogen (secondary N) is 2. The number of hydrogen-bond acceptors (Lipinski definition) is 5. The molecule has 2 aromatic rings. The predicted octanol–water partition coefficient (Wildman–Crippen LogP) is 1.93. The first-order valence-electron chi connectivity index (χ1n) is 7.51. The van der Waals surface area contributed by atoms with Gasteiger partial charge in [0.15, 0.2) is 0 Å². The zero-order chi connectivity index (χ0) is 18.8. The SMILES string of the molecule is COc1cc2[nH]c(C(=O)/C(C#N)=C/N(C)C)cc2cc1N[SH](C)(C)=O. The molecule has 2 rings (SSSR count). The van der Waals surface area contributed by atoms with Crippen molar-refractivity contribution < 1.29 is 13.7 Å². The second kappa shape index (κ2) is 6.99. The number of rotatable bonds is 6. The van der Waals surface area contributed by atoms with E-state index in [9.17, 15) is 14.3 Å². The van der Waals surface area contributed by atoms with Gasteiger partial charge in [-0.05, 0) is 22.3 Å². The molecule has 0 saturated carbocycles. The van der Waals surface area contributed by atoms with Crippen LogP contribution in [0.2, 0.25) is 0 Å². The van der Waals surface area contributed by atoms with Crippen LogP contribution in [0.5, 0.6) is 5.75 Å². The molecule has 7 nitrogen and oxygen atoms in total. The molecule has 0 spiro atoms. The molecule has 0 amide bonds. The number of nitrogens with zero attached hydrogens (tertiary/aromatic N) is 2. The molecule has 1 heterocycles. The average molecular weight is 362 g/mol. The van der Waals surface area contributed by atoms with Crippen molar-refractivity contribution in [1.82, 2.24) is 9.88 Å². The van der Waals surface area contributed by atoms with Crippen molar-refractivity contribution in [3.63, 3.8) is 0 Å². The fourth-order valence-electron chi connectivity index (χ4n) is 2.37. The highest BCUT2D eigenvalue weighted by Gasteiger charge is 2.17. The van der Waals surface area contributed by atoms with Gasteiger partial charge < -0.3 is 19.3 Å². The molecule has 0 atom stereocenters. The lowest BCUT2D eigenvalue weighted by molar-refractivity contribution is 0.103. The second-order valence-corrected chi connectivity index (χ2v) is 9.16.